The minimum atomic E-state index is -3.52. The summed E-state index contributed by atoms with van der Waals surface area (Å²) in [5, 5.41) is 0. The van der Waals surface area contributed by atoms with E-state index in [1.165, 1.54) is 0 Å². The minimum Gasteiger partial charge on any atom is -0.273 e. The van der Waals surface area contributed by atoms with Crippen molar-refractivity contribution in [1.29, 1.82) is 0 Å². The summed E-state index contributed by atoms with van der Waals surface area (Å²) in [6.07, 6.45) is 4.08. The highest BCUT2D eigenvalue weighted by Gasteiger charge is 2.26. The van der Waals surface area contributed by atoms with E-state index in [0.29, 0.717) is 0 Å². The van der Waals surface area contributed by atoms with E-state index in [0.717, 1.165) is 31.2 Å². The second-order valence-electron chi connectivity index (χ2n) is 5.53. The molecule has 0 saturated heterocycles. The highest BCUT2D eigenvalue weighted by Crippen LogP contribution is 2.26. The normalized spacial score (nSPS) is 17.9. The molecule has 4 nitrogen and oxygen atoms in total. The van der Waals surface area contributed by atoms with Crippen LogP contribution in [0.5, 0.6) is 0 Å². The summed E-state index contributed by atoms with van der Waals surface area (Å²) in [6.45, 7) is 1.72. The average molecular weight is 295 g/mol. The summed E-state index contributed by atoms with van der Waals surface area (Å²) < 4.78 is 26.2. The minimum absolute atomic E-state index is 0.0697. The van der Waals surface area contributed by atoms with Crippen molar-refractivity contribution in [3.05, 3.63) is 35.9 Å². The van der Waals surface area contributed by atoms with Gasteiger partial charge in [-0.2, -0.15) is 0 Å². The quantitative estimate of drug-likeness (QED) is 0.907. The highest BCUT2D eigenvalue weighted by molar-refractivity contribution is 7.90. The van der Waals surface area contributed by atoms with E-state index in [2.05, 4.69) is 4.72 Å². The van der Waals surface area contributed by atoms with Crippen molar-refractivity contribution in [2.75, 3.05) is 5.75 Å². The molecule has 2 rings (SSSR count). The van der Waals surface area contributed by atoms with Gasteiger partial charge in [-0.15, -0.1) is 0 Å². The van der Waals surface area contributed by atoms with Gasteiger partial charge in [0.15, 0.2) is 0 Å². The smallest absolute Gasteiger partial charge is 0.240 e. The maximum absolute atomic E-state index is 12.0. The van der Waals surface area contributed by atoms with E-state index in [4.69, 9.17) is 0 Å². The van der Waals surface area contributed by atoms with Crippen molar-refractivity contribution in [3.8, 4) is 0 Å². The summed E-state index contributed by atoms with van der Waals surface area (Å²) in [5.41, 5.74) is 0.820. The van der Waals surface area contributed by atoms with Gasteiger partial charge in [-0.05, 0) is 31.2 Å². The van der Waals surface area contributed by atoms with Gasteiger partial charge in [-0.1, -0.05) is 43.2 Å². The third-order valence-corrected chi connectivity index (χ3v) is 5.30. The summed E-state index contributed by atoms with van der Waals surface area (Å²) in [7, 11) is -3.52. The zero-order chi connectivity index (χ0) is 14.6. The average Bonchev–Trinajstić information content (AvgIpc) is 2.90. The maximum Gasteiger partial charge on any atom is 0.240 e. The molecule has 1 aromatic rings. The van der Waals surface area contributed by atoms with Crippen molar-refractivity contribution in [2.24, 2.45) is 5.92 Å². The molecular weight excluding hydrogens is 274 g/mol. The Balaban J connectivity index is 1.96. The van der Waals surface area contributed by atoms with E-state index in [-0.39, 0.29) is 11.7 Å². The SMILES string of the molecule is C[C@H](C(=O)NS(=O)(=O)CC1CCCC1)c1ccccc1. The zero-order valence-corrected chi connectivity index (χ0v) is 12.5. The van der Waals surface area contributed by atoms with Crippen molar-refractivity contribution >= 4 is 15.9 Å². The molecule has 1 amide bonds. The van der Waals surface area contributed by atoms with Crippen LogP contribution in [0.25, 0.3) is 0 Å². The molecule has 0 spiro atoms. The summed E-state index contributed by atoms with van der Waals surface area (Å²) in [6, 6.07) is 9.20. The van der Waals surface area contributed by atoms with Gasteiger partial charge in [-0.25, -0.2) is 8.42 Å². The van der Waals surface area contributed by atoms with Gasteiger partial charge in [-0.3, -0.25) is 9.52 Å². The van der Waals surface area contributed by atoms with Crippen LogP contribution >= 0.6 is 0 Å². The van der Waals surface area contributed by atoms with Crippen molar-refractivity contribution in [3.63, 3.8) is 0 Å². The van der Waals surface area contributed by atoms with E-state index in [9.17, 15) is 13.2 Å². The standard InChI is InChI=1S/C15H21NO3S/c1-12(14-9-3-2-4-10-14)15(17)16-20(18,19)11-13-7-5-6-8-13/h2-4,9-10,12-13H,5-8,11H2,1H3,(H,16,17)/t12-/m0/s1. The second kappa shape index (κ2) is 6.39. The topological polar surface area (TPSA) is 63.2 Å². The number of carbonyl (C=O) groups is 1. The van der Waals surface area contributed by atoms with Crippen LogP contribution in [0, 0.1) is 5.92 Å². The molecule has 1 fully saturated rings. The van der Waals surface area contributed by atoms with Crippen LogP contribution in [0.3, 0.4) is 0 Å². The summed E-state index contributed by atoms with van der Waals surface area (Å²) in [5.74, 6) is -0.642. The number of sulfonamides is 1. The molecule has 0 aliphatic heterocycles. The Kier molecular flexibility index (Phi) is 4.81. The first-order valence-corrected chi connectivity index (χ1v) is 8.72. The van der Waals surface area contributed by atoms with Gasteiger partial charge >= 0.3 is 0 Å². The number of hydrogen-bond donors (Lipinski definition) is 1. The Bertz CT molecular complexity index is 548. The third kappa shape index (κ3) is 4.07. The Morgan fingerprint density at radius 3 is 2.45 bits per heavy atom. The Labute approximate surface area is 120 Å². The van der Waals surface area contributed by atoms with Gasteiger partial charge in [0.1, 0.15) is 0 Å². The molecule has 110 valence electrons. The van der Waals surface area contributed by atoms with Crippen LogP contribution in [0.2, 0.25) is 0 Å². The number of rotatable bonds is 5. The number of hydrogen-bond acceptors (Lipinski definition) is 3. The Hall–Kier alpha value is -1.36. The Morgan fingerprint density at radius 2 is 1.85 bits per heavy atom. The fourth-order valence-electron chi connectivity index (χ4n) is 2.66. The van der Waals surface area contributed by atoms with Gasteiger partial charge in [0.25, 0.3) is 0 Å². The monoisotopic (exact) mass is 295 g/mol. The first-order chi connectivity index (χ1) is 9.48. The predicted octanol–water partition coefficient (Wildman–Crippen LogP) is 2.43. The van der Waals surface area contributed by atoms with Crippen LogP contribution in [0.15, 0.2) is 30.3 Å². The number of nitrogens with one attached hydrogen (secondary N) is 1. The van der Waals surface area contributed by atoms with Crippen LogP contribution < -0.4 is 4.72 Å². The molecule has 1 aliphatic rings. The molecule has 0 heterocycles. The molecule has 1 aromatic carbocycles. The number of benzene rings is 1. The van der Waals surface area contributed by atoms with E-state index < -0.39 is 21.8 Å². The molecule has 20 heavy (non-hydrogen) atoms. The van der Waals surface area contributed by atoms with Gasteiger partial charge in [0, 0.05) is 0 Å². The molecule has 1 N–H and O–H groups in total. The lowest BCUT2D eigenvalue weighted by Gasteiger charge is -2.14. The lowest BCUT2D eigenvalue weighted by molar-refractivity contribution is -0.120. The lowest BCUT2D eigenvalue weighted by Crippen LogP contribution is -2.36. The fourth-order valence-corrected chi connectivity index (χ4v) is 4.18. The first-order valence-electron chi connectivity index (χ1n) is 7.07. The van der Waals surface area contributed by atoms with Crippen LogP contribution in [-0.4, -0.2) is 20.1 Å². The van der Waals surface area contributed by atoms with Gasteiger partial charge < -0.3 is 0 Å². The zero-order valence-electron chi connectivity index (χ0n) is 11.7. The molecule has 0 aromatic heterocycles. The molecule has 1 aliphatic carbocycles. The van der Waals surface area contributed by atoms with E-state index in [1.54, 1.807) is 6.92 Å². The van der Waals surface area contributed by atoms with Crippen molar-refractivity contribution in [2.45, 2.75) is 38.5 Å². The first kappa shape index (κ1) is 15.0. The largest absolute Gasteiger partial charge is 0.273 e. The second-order valence-corrected chi connectivity index (χ2v) is 7.30. The molecular formula is C15H21NO3S. The van der Waals surface area contributed by atoms with Gasteiger partial charge in [0.05, 0.1) is 11.7 Å². The lowest BCUT2D eigenvalue weighted by atomic mass is 10.0. The number of amides is 1. The van der Waals surface area contributed by atoms with E-state index in [1.807, 2.05) is 30.3 Å². The number of carbonyl (C=O) groups excluding carboxylic acids is 1. The maximum atomic E-state index is 12.0. The molecule has 0 bridgehead atoms. The fraction of sp³-hybridized carbons (Fsp3) is 0.533. The van der Waals surface area contributed by atoms with Gasteiger partial charge in [0.2, 0.25) is 15.9 Å². The van der Waals surface area contributed by atoms with E-state index >= 15 is 0 Å². The van der Waals surface area contributed by atoms with Crippen molar-refractivity contribution < 1.29 is 13.2 Å². The van der Waals surface area contributed by atoms with Crippen LogP contribution in [-0.2, 0) is 14.8 Å². The van der Waals surface area contributed by atoms with Crippen LogP contribution in [0.4, 0.5) is 0 Å². The van der Waals surface area contributed by atoms with Crippen molar-refractivity contribution in [1.82, 2.24) is 4.72 Å². The third-order valence-electron chi connectivity index (χ3n) is 3.88. The molecule has 1 atom stereocenters. The molecule has 0 radical (unpaired) electrons. The van der Waals surface area contributed by atoms with Crippen LogP contribution in [0.1, 0.15) is 44.1 Å². The Morgan fingerprint density at radius 1 is 1.25 bits per heavy atom. The molecule has 0 unspecified atom stereocenters. The summed E-state index contributed by atoms with van der Waals surface area (Å²) >= 11 is 0. The summed E-state index contributed by atoms with van der Waals surface area (Å²) in [4.78, 5) is 12.0. The highest BCUT2D eigenvalue weighted by atomic mass is 32.2. The molecule has 1 saturated carbocycles. The predicted molar refractivity (Wildman–Crippen MR) is 78.7 cm³/mol. The molecule has 5 heteroatoms.